The van der Waals surface area contributed by atoms with Crippen molar-refractivity contribution >= 4 is 5.71 Å². The summed E-state index contributed by atoms with van der Waals surface area (Å²) >= 11 is 0. The third-order valence-electron chi connectivity index (χ3n) is 2.70. The number of hydrogen-bond acceptors (Lipinski definition) is 5. The van der Waals surface area contributed by atoms with Gasteiger partial charge in [0, 0.05) is 11.8 Å². The zero-order chi connectivity index (χ0) is 16.2. The molecular formula is C17H17N3O2. The SMILES string of the molecule is CC(C)(C)O/N=C(/c1ccccn1)c1cc(C#N)ccc1O. The first kappa shape index (κ1) is 15.5. The fourth-order valence-electron chi connectivity index (χ4n) is 1.71. The molecule has 0 unspecified atom stereocenters. The van der Waals surface area contributed by atoms with E-state index in [1.165, 1.54) is 6.07 Å². The van der Waals surface area contributed by atoms with Crippen molar-refractivity contribution in [3.63, 3.8) is 0 Å². The van der Waals surface area contributed by atoms with E-state index in [0.717, 1.165) is 0 Å². The highest BCUT2D eigenvalue weighted by atomic mass is 16.6. The van der Waals surface area contributed by atoms with Gasteiger partial charge >= 0.3 is 0 Å². The summed E-state index contributed by atoms with van der Waals surface area (Å²) in [5, 5.41) is 23.3. The van der Waals surface area contributed by atoms with E-state index >= 15 is 0 Å². The molecular weight excluding hydrogens is 278 g/mol. The second-order valence-corrected chi connectivity index (χ2v) is 5.70. The van der Waals surface area contributed by atoms with E-state index in [4.69, 9.17) is 10.1 Å². The van der Waals surface area contributed by atoms with Gasteiger partial charge in [0.25, 0.3) is 0 Å². The number of hydrogen-bond donors (Lipinski definition) is 1. The van der Waals surface area contributed by atoms with Crippen LogP contribution in [0.4, 0.5) is 0 Å². The lowest BCUT2D eigenvalue weighted by Crippen LogP contribution is -2.18. The molecule has 2 aromatic rings. The van der Waals surface area contributed by atoms with Gasteiger partial charge in [-0.2, -0.15) is 5.26 Å². The summed E-state index contributed by atoms with van der Waals surface area (Å²) in [4.78, 5) is 9.73. The van der Waals surface area contributed by atoms with Crippen LogP contribution in [0, 0.1) is 11.3 Å². The summed E-state index contributed by atoms with van der Waals surface area (Å²) in [5.74, 6) is 0.0147. The lowest BCUT2D eigenvalue weighted by atomic mass is 10.0. The number of benzene rings is 1. The highest BCUT2D eigenvalue weighted by molar-refractivity contribution is 6.13. The molecule has 22 heavy (non-hydrogen) atoms. The van der Waals surface area contributed by atoms with Gasteiger partial charge in [0.05, 0.1) is 17.3 Å². The summed E-state index contributed by atoms with van der Waals surface area (Å²) in [6.07, 6.45) is 1.63. The highest BCUT2D eigenvalue weighted by Crippen LogP contribution is 2.23. The fourth-order valence-corrected chi connectivity index (χ4v) is 1.71. The molecule has 0 saturated carbocycles. The first-order chi connectivity index (χ1) is 10.4. The Kier molecular flexibility index (Phi) is 4.42. The summed E-state index contributed by atoms with van der Waals surface area (Å²) in [7, 11) is 0. The highest BCUT2D eigenvalue weighted by Gasteiger charge is 2.17. The number of phenolic OH excluding ortho intramolecular Hbond substituents is 1. The first-order valence-electron chi connectivity index (χ1n) is 6.82. The molecule has 1 heterocycles. The molecule has 112 valence electrons. The van der Waals surface area contributed by atoms with Crippen LogP contribution in [-0.2, 0) is 4.84 Å². The third-order valence-corrected chi connectivity index (χ3v) is 2.70. The van der Waals surface area contributed by atoms with E-state index in [9.17, 15) is 5.11 Å². The maximum atomic E-state index is 10.1. The summed E-state index contributed by atoms with van der Waals surface area (Å²) in [6, 6.07) is 12.0. The summed E-state index contributed by atoms with van der Waals surface area (Å²) in [6.45, 7) is 5.62. The van der Waals surface area contributed by atoms with Gasteiger partial charge in [-0.1, -0.05) is 11.2 Å². The molecule has 0 fully saturated rings. The Hall–Kier alpha value is -2.87. The van der Waals surface area contributed by atoms with Crippen molar-refractivity contribution < 1.29 is 9.94 Å². The first-order valence-corrected chi connectivity index (χ1v) is 6.82. The minimum absolute atomic E-state index is 0.0147. The molecule has 5 heteroatoms. The van der Waals surface area contributed by atoms with Gasteiger partial charge in [0.2, 0.25) is 0 Å². The van der Waals surface area contributed by atoms with Gasteiger partial charge in [-0.3, -0.25) is 4.98 Å². The number of oxime groups is 1. The molecule has 0 amide bonds. The van der Waals surface area contributed by atoms with E-state index in [2.05, 4.69) is 10.1 Å². The van der Waals surface area contributed by atoms with Crippen molar-refractivity contribution in [2.24, 2.45) is 5.16 Å². The van der Waals surface area contributed by atoms with Crippen molar-refractivity contribution in [1.82, 2.24) is 4.98 Å². The molecule has 1 aromatic heterocycles. The van der Waals surface area contributed by atoms with Crippen molar-refractivity contribution in [3.05, 3.63) is 59.4 Å². The molecule has 0 bridgehead atoms. The number of phenols is 1. The van der Waals surface area contributed by atoms with Gasteiger partial charge in [-0.05, 0) is 51.1 Å². The second-order valence-electron chi connectivity index (χ2n) is 5.70. The topological polar surface area (TPSA) is 78.5 Å². The zero-order valence-electron chi connectivity index (χ0n) is 12.7. The van der Waals surface area contributed by atoms with Crippen molar-refractivity contribution in [2.75, 3.05) is 0 Å². The smallest absolute Gasteiger partial charge is 0.139 e. The molecule has 1 N–H and O–H groups in total. The Morgan fingerprint density at radius 2 is 2.05 bits per heavy atom. The number of rotatable bonds is 3. The molecule has 0 aliphatic carbocycles. The number of nitrogens with zero attached hydrogens (tertiary/aromatic N) is 3. The van der Waals surface area contributed by atoms with Crippen LogP contribution in [0.5, 0.6) is 5.75 Å². The maximum Gasteiger partial charge on any atom is 0.139 e. The Balaban J connectivity index is 2.57. The van der Waals surface area contributed by atoms with E-state index in [1.807, 2.05) is 32.9 Å². The van der Waals surface area contributed by atoms with Crippen LogP contribution < -0.4 is 0 Å². The molecule has 0 aliphatic rings. The molecule has 0 saturated heterocycles. The number of nitriles is 1. The van der Waals surface area contributed by atoms with Crippen LogP contribution in [-0.4, -0.2) is 21.4 Å². The minimum Gasteiger partial charge on any atom is -0.507 e. The Labute approximate surface area is 129 Å². The average molecular weight is 295 g/mol. The lowest BCUT2D eigenvalue weighted by molar-refractivity contribution is 0.00111. The normalized spacial score (nSPS) is 11.8. The van der Waals surface area contributed by atoms with Crippen LogP contribution in [0.25, 0.3) is 0 Å². The fraction of sp³-hybridized carbons (Fsp3) is 0.235. The minimum atomic E-state index is -0.484. The van der Waals surface area contributed by atoms with E-state index in [0.29, 0.717) is 22.5 Å². The second kappa shape index (κ2) is 6.27. The predicted molar refractivity (Wildman–Crippen MR) is 83.5 cm³/mol. The van der Waals surface area contributed by atoms with Crippen molar-refractivity contribution in [2.45, 2.75) is 26.4 Å². The molecule has 0 aliphatic heterocycles. The lowest BCUT2D eigenvalue weighted by Gasteiger charge is -2.17. The predicted octanol–water partition coefficient (Wildman–Crippen LogP) is 3.23. The van der Waals surface area contributed by atoms with Crippen molar-refractivity contribution in [1.29, 1.82) is 5.26 Å². The average Bonchev–Trinajstić information content (AvgIpc) is 2.49. The van der Waals surface area contributed by atoms with E-state index in [1.54, 1.807) is 30.5 Å². The van der Waals surface area contributed by atoms with Gasteiger partial charge in [0.15, 0.2) is 0 Å². The third kappa shape index (κ3) is 3.83. The van der Waals surface area contributed by atoms with Crippen LogP contribution >= 0.6 is 0 Å². The van der Waals surface area contributed by atoms with Crippen molar-refractivity contribution in [3.8, 4) is 11.8 Å². The Morgan fingerprint density at radius 3 is 2.64 bits per heavy atom. The Morgan fingerprint density at radius 1 is 1.27 bits per heavy atom. The van der Waals surface area contributed by atoms with Gasteiger partial charge < -0.3 is 9.94 Å². The summed E-state index contributed by atoms with van der Waals surface area (Å²) < 4.78 is 0. The molecule has 2 rings (SSSR count). The Bertz CT molecular complexity index is 726. The molecule has 0 atom stereocenters. The van der Waals surface area contributed by atoms with Crippen LogP contribution in [0.2, 0.25) is 0 Å². The molecule has 5 nitrogen and oxygen atoms in total. The molecule has 0 radical (unpaired) electrons. The number of pyridine rings is 1. The monoisotopic (exact) mass is 295 g/mol. The van der Waals surface area contributed by atoms with Crippen LogP contribution in [0.3, 0.4) is 0 Å². The largest absolute Gasteiger partial charge is 0.507 e. The van der Waals surface area contributed by atoms with Gasteiger partial charge in [-0.25, -0.2) is 0 Å². The molecule has 1 aromatic carbocycles. The standard InChI is InChI=1S/C17H17N3O2/c1-17(2,3)22-20-16(14-6-4-5-9-19-14)13-10-12(11-18)7-8-15(13)21/h4-10,21H,1-3H3/b20-16+. The number of aromatic hydroxyl groups is 1. The zero-order valence-corrected chi connectivity index (χ0v) is 12.7. The quantitative estimate of drug-likeness (QED) is 0.696. The van der Waals surface area contributed by atoms with E-state index in [-0.39, 0.29) is 5.75 Å². The van der Waals surface area contributed by atoms with Gasteiger partial charge in [0.1, 0.15) is 17.1 Å². The van der Waals surface area contributed by atoms with E-state index < -0.39 is 5.60 Å². The molecule has 0 spiro atoms. The summed E-state index contributed by atoms with van der Waals surface area (Å²) in [5.41, 5.74) is 1.28. The van der Waals surface area contributed by atoms with Crippen LogP contribution in [0.15, 0.2) is 47.8 Å². The number of aromatic nitrogens is 1. The van der Waals surface area contributed by atoms with Gasteiger partial charge in [-0.15, -0.1) is 0 Å². The van der Waals surface area contributed by atoms with Crippen LogP contribution in [0.1, 0.15) is 37.6 Å². The maximum absolute atomic E-state index is 10.1.